The van der Waals surface area contributed by atoms with E-state index < -0.39 is 0 Å². The van der Waals surface area contributed by atoms with Gasteiger partial charge < -0.3 is 5.32 Å². The van der Waals surface area contributed by atoms with E-state index >= 15 is 0 Å². The van der Waals surface area contributed by atoms with Crippen LogP contribution in [0.5, 0.6) is 0 Å². The van der Waals surface area contributed by atoms with Crippen LogP contribution in [0.1, 0.15) is 10.4 Å². The minimum Gasteiger partial charge on any atom is -0.306 e. The van der Waals surface area contributed by atoms with Gasteiger partial charge in [-0.1, -0.05) is 30.3 Å². The van der Waals surface area contributed by atoms with Crippen LogP contribution in [0.3, 0.4) is 0 Å². The Kier molecular flexibility index (Phi) is 4.46. The van der Waals surface area contributed by atoms with Gasteiger partial charge in [-0.15, -0.1) is 0 Å². The molecule has 7 heteroatoms. The van der Waals surface area contributed by atoms with E-state index in [0.717, 1.165) is 28.2 Å². The lowest BCUT2D eigenvalue weighted by Gasteiger charge is -2.08. The second kappa shape index (κ2) is 7.56. The van der Waals surface area contributed by atoms with Crippen LogP contribution in [0.2, 0.25) is 0 Å². The molecule has 0 radical (unpaired) electrons. The van der Waals surface area contributed by atoms with Crippen molar-refractivity contribution in [1.29, 1.82) is 0 Å². The van der Waals surface area contributed by atoms with Crippen molar-refractivity contribution in [2.45, 2.75) is 0 Å². The minimum absolute atomic E-state index is 0.271. The lowest BCUT2D eigenvalue weighted by Crippen LogP contribution is -2.13. The first-order chi connectivity index (χ1) is 14.8. The van der Waals surface area contributed by atoms with Crippen molar-refractivity contribution in [2.24, 2.45) is 0 Å². The summed E-state index contributed by atoms with van der Waals surface area (Å²) in [7, 11) is 0. The standard InChI is InChI=1S/C23H16N6O/c30-23(18-8-4-11-24-15-18)27-19-14-17(10-13-25-19)22-21(16-6-2-1-3-7-16)28-20-9-5-12-26-29(20)22/h1-15H,(H,25,27,30). The highest BCUT2D eigenvalue weighted by Gasteiger charge is 2.17. The number of pyridine rings is 2. The van der Waals surface area contributed by atoms with E-state index in [1.165, 1.54) is 6.20 Å². The molecular weight excluding hydrogens is 376 g/mol. The monoisotopic (exact) mass is 392 g/mol. The number of benzene rings is 1. The zero-order valence-corrected chi connectivity index (χ0v) is 15.8. The van der Waals surface area contributed by atoms with Crippen LogP contribution in [0, 0.1) is 0 Å². The average Bonchev–Trinajstić information content (AvgIpc) is 3.20. The molecule has 5 aromatic rings. The molecule has 0 spiro atoms. The molecule has 1 aromatic carbocycles. The number of nitrogens with one attached hydrogen (secondary N) is 1. The Morgan fingerprint density at radius 2 is 1.73 bits per heavy atom. The zero-order valence-electron chi connectivity index (χ0n) is 15.8. The molecule has 1 N–H and O–H groups in total. The van der Waals surface area contributed by atoms with Crippen LogP contribution in [0.15, 0.2) is 91.5 Å². The molecule has 0 bridgehead atoms. The fourth-order valence-electron chi connectivity index (χ4n) is 3.28. The Balaban J connectivity index is 1.59. The van der Waals surface area contributed by atoms with E-state index in [2.05, 4.69) is 20.4 Å². The van der Waals surface area contributed by atoms with E-state index in [9.17, 15) is 4.79 Å². The van der Waals surface area contributed by atoms with Crippen molar-refractivity contribution in [1.82, 2.24) is 24.6 Å². The van der Waals surface area contributed by atoms with E-state index in [1.807, 2.05) is 54.6 Å². The Labute approximate surface area is 172 Å². The molecule has 4 heterocycles. The van der Waals surface area contributed by atoms with Gasteiger partial charge in [-0.2, -0.15) is 5.10 Å². The molecule has 0 unspecified atom stereocenters. The van der Waals surface area contributed by atoms with Gasteiger partial charge in [0.05, 0.1) is 11.3 Å². The Bertz CT molecular complexity index is 1330. The van der Waals surface area contributed by atoms with Crippen molar-refractivity contribution in [3.63, 3.8) is 0 Å². The number of rotatable bonds is 4. The second-order valence-corrected chi connectivity index (χ2v) is 6.59. The molecule has 1 amide bonds. The van der Waals surface area contributed by atoms with E-state index in [1.54, 1.807) is 35.2 Å². The van der Waals surface area contributed by atoms with Crippen LogP contribution in [0.4, 0.5) is 5.82 Å². The van der Waals surface area contributed by atoms with Crippen LogP contribution in [-0.4, -0.2) is 30.5 Å². The van der Waals surface area contributed by atoms with Gasteiger partial charge in [0.25, 0.3) is 5.91 Å². The molecule has 0 aliphatic heterocycles. The molecule has 4 aromatic heterocycles. The van der Waals surface area contributed by atoms with Crippen molar-refractivity contribution in [3.05, 3.63) is 97.1 Å². The molecule has 7 nitrogen and oxygen atoms in total. The summed E-state index contributed by atoms with van der Waals surface area (Å²) in [4.78, 5) is 25.6. The largest absolute Gasteiger partial charge is 0.306 e. The quantitative estimate of drug-likeness (QED) is 0.498. The summed E-state index contributed by atoms with van der Waals surface area (Å²) in [5.41, 5.74) is 4.67. The number of carbonyl (C=O) groups is 1. The van der Waals surface area contributed by atoms with Crippen molar-refractivity contribution < 1.29 is 4.79 Å². The fraction of sp³-hybridized carbons (Fsp3) is 0. The number of amides is 1. The Hall–Kier alpha value is -4.39. The molecule has 0 atom stereocenters. The molecule has 0 aliphatic rings. The maximum atomic E-state index is 12.5. The van der Waals surface area contributed by atoms with Gasteiger partial charge >= 0.3 is 0 Å². The third kappa shape index (κ3) is 3.29. The van der Waals surface area contributed by atoms with Gasteiger partial charge in [-0.3, -0.25) is 9.78 Å². The van der Waals surface area contributed by atoms with Gasteiger partial charge in [0, 0.05) is 35.9 Å². The predicted molar refractivity (Wildman–Crippen MR) is 114 cm³/mol. The molecule has 0 fully saturated rings. The summed E-state index contributed by atoms with van der Waals surface area (Å²) in [6.07, 6.45) is 6.52. The third-order valence-corrected chi connectivity index (χ3v) is 4.64. The molecule has 30 heavy (non-hydrogen) atoms. The summed E-state index contributed by atoms with van der Waals surface area (Å²) in [5.74, 6) is 0.165. The summed E-state index contributed by atoms with van der Waals surface area (Å²) < 4.78 is 1.80. The third-order valence-electron chi connectivity index (χ3n) is 4.64. The van der Waals surface area contributed by atoms with E-state index in [0.29, 0.717) is 11.4 Å². The van der Waals surface area contributed by atoms with Gasteiger partial charge in [-0.25, -0.2) is 14.5 Å². The van der Waals surface area contributed by atoms with Gasteiger partial charge in [0.2, 0.25) is 0 Å². The molecular formula is C23H16N6O. The number of hydrogen-bond donors (Lipinski definition) is 1. The highest BCUT2D eigenvalue weighted by Crippen LogP contribution is 2.32. The van der Waals surface area contributed by atoms with Crippen LogP contribution in [-0.2, 0) is 0 Å². The highest BCUT2D eigenvalue weighted by atomic mass is 16.1. The lowest BCUT2D eigenvalue weighted by molar-refractivity contribution is 0.102. The number of carbonyl (C=O) groups excluding carboxylic acids is 1. The number of hydrogen-bond acceptors (Lipinski definition) is 5. The first-order valence-corrected chi connectivity index (χ1v) is 9.36. The first kappa shape index (κ1) is 17.7. The SMILES string of the molecule is O=C(Nc1cc(-c2c(-c3ccccc3)nc3cccnn23)ccn1)c1cccnc1. The fourth-order valence-corrected chi connectivity index (χ4v) is 3.28. The van der Waals surface area contributed by atoms with Crippen LogP contribution in [0.25, 0.3) is 28.2 Å². The van der Waals surface area contributed by atoms with E-state index in [-0.39, 0.29) is 5.91 Å². The highest BCUT2D eigenvalue weighted by molar-refractivity contribution is 6.03. The normalized spacial score (nSPS) is 10.8. The van der Waals surface area contributed by atoms with Gasteiger partial charge in [-0.05, 0) is 36.4 Å². The summed E-state index contributed by atoms with van der Waals surface area (Å²) >= 11 is 0. The van der Waals surface area contributed by atoms with Crippen LogP contribution < -0.4 is 5.32 Å². The maximum absolute atomic E-state index is 12.5. The second-order valence-electron chi connectivity index (χ2n) is 6.59. The van der Waals surface area contributed by atoms with Gasteiger partial charge in [0.15, 0.2) is 5.65 Å². The molecule has 144 valence electrons. The first-order valence-electron chi connectivity index (χ1n) is 9.36. The van der Waals surface area contributed by atoms with Crippen molar-refractivity contribution in [3.8, 4) is 22.5 Å². The number of anilines is 1. The van der Waals surface area contributed by atoms with E-state index in [4.69, 9.17) is 4.98 Å². The van der Waals surface area contributed by atoms with Crippen molar-refractivity contribution in [2.75, 3.05) is 5.32 Å². The summed E-state index contributed by atoms with van der Waals surface area (Å²) in [5, 5.41) is 7.31. The maximum Gasteiger partial charge on any atom is 0.258 e. The predicted octanol–water partition coefficient (Wildman–Crippen LogP) is 4.11. The number of aromatic nitrogens is 5. The Morgan fingerprint density at radius 3 is 2.57 bits per heavy atom. The summed E-state index contributed by atoms with van der Waals surface area (Å²) in [6.45, 7) is 0. The topological polar surface area (TPSA) is 85.1 Å². The Morgan fingerprint density at radius 1 is 0.867 bits per heavy atom. The lowest BCUT2D eigenvalue weighted by atomic mass is 10.1. The molecule has 5 rings (SSSR count). The number of imidazole rings is 1. The van der Waals surface area contributed by atoms with Crippen molar-refractivity contribution >= 4 is 17.4 Å². The van der Waals surface area contributed by atoms with Crippen LogP contribution >= 0.6 is 0 Å². The minimum atomic E-state index is -0.271. The smallest absolute Gasteiger partial charge is 0.258 e. The number of fused-ring (bicyclic) bond motifs is 1. The molecule has 0 saturated heterocycles. The van der Waals surface area contributed by atoms with Gasteiger partial charge in [0.1, 0.15) is 11.5 Å². The summed E-state index contributed by atoms with van der Waals surface area (Å²) in [6, 6.07) is 20.8. The number of nitrogens with zero attached hydrogens (tertiary/aromatic N) is 5. The molecule has 0 saturated carbocycles. The molecule has 0 aliphatic carbocycles. The average molecular weight is 392 g/mol. The zero-order chi connectivity index (χ0) is 20.3.